The maximum absolute atomic E-state index is 2.51. The van der Waals surface area contributed by atoms with Crippen LogP contribution in [0.1, 0.15) is 5.56 Å². The molecule has 2 nitrogen and oxygen atoms in total. The van der Waals surface area contributed by atoms with Crippen LogP contribution in [0.15, 0.2) is 91.0 Å². The fourth-order valence-electron chi connectivity index (χ4n) is 6.34. The maximum Gasteiger partial charge on any atom is 0.238 e. The lowest BCUT2D eigenvalue weighted by Crippen LogP contribution is -2.31. The highest BCUT2D eigenvalue weighted by Crippen LogP contribution is 2.44. The molecule has 8 aromatic rings. The molecule has 0 amide bonds. The van der Waals surface area contributed by atoms with Gasteiger partial charge in [0.05, 0.1) is 16.4 Å². The van der Waals surface area contributed by atoms with Crippen LogP contribution >= 0.6 is 0 Å². The van der Waals surface area contributed by atoms with Crippen LogP contribution in [0, 0.1) is 6.92 Å². The summed E-state index contributed by atoms with van der Waals surface area (Å²) in [6.07, 6.45) is 0. The van der Waals surface area contributed by atoms with E-state index in [1.807, 2.05) is 0 Å². The Kier molecular flexibility index (Phi) is 3.05. The standard InChI is InChI=1S/C31H21N2/c1-18-20-10-4-5-11-21(20)23-15-16-24-22-12-6-8-14-26(22)33-27-17-19-9-3-7-13-25(19)32(2)31(27)28(18)29(23)30(24)33/h3-17H,1-2H3/q+1. The minimum Gasteiger partial charge on any atom is -0.303 e. The van der Waals surface area contributed by atoms with Crippen LogP contribution in [0.25, 0.3) is 70.7 Å². The molecule has 2 heteroatoms. The van der Waals surface area contributed by atoms with E-state index in [0.29, 0.717) is 0 Å². The Morgan fingerprint density at radius 3 is 2.18 bits per heavy atom. The van der Waals surface area contributed by atoms with E-state index >= 15 is 0 Å². The number of hydrogen-bond donors (Lipinski definition) is 0. The quantitative estimate of drug-likeness (QED) is 0.137. The maximum atomic E-state index is 2.51. The number of para-hydroxylation sites is 2. The summed E-state index contributed by atoms with van der Waals surface area (Å²) < 4.78 is 4.91. The average molecular weight is 422 g/mol. The van der Waals surface area contributed by atoms with Crippen LogP contribution in [0.4, 0.5) is 0 Å². The predicted molar refractivity (Wildman–Crippen MR) is 140 cm³/mol. The van der Waals surface area contributed by atoms with Crippen LogP contribution in [-0.2, 0) is 7.05 Å². The van der Waals surface area contributed by atoms with E-state index in [2.05, 4.69) is 114 Å². The first-order chi connectivity index (χ1) is 16.2. The summed E-state index contributed by atoms with van der Waals surface area (Å²) >= 11 is 0. The van der Waals surface area contributed by atoms with Crippen molar-refractivity contribution in [3.63, 3.8) is 0 Å². The minimum atomic E-state index is 1.25. The molecule has 0 aliphatic rings. The van der Waals surface area contributed by atoms with Crippen LogP contribution in [0.5, 0.6) is 0 Å². The molecule has 0 aliphatic heterocycles. The number of pyridine rings is 2. The summed E-state index contributed by atoms with van der Waals surface area (Å²) in [4.78, 5) is 0. The highest BCUT2D eigenvalue weighted by atomic mass is 15.0. The Balaban J connectivity index is 1.87. The highest BCUT2D eigenvalue weighted by molar-refractivity contribution is 6.33. The Morgan fingerprint density at radius 2 is 1.30 bits per heavy atom. The topological polar surface area (TPSA) is 8.29 Å². The lowest BCUT2D eigenvalue weighted by atomic mass is 9.91. The second-order valence-electron chi connectivity index (χ2n) is 9.28. The van der Waals surface area contributed by atoms with Crippen molar-refractivity contribution in [1.82, 2.24) is 4.40 Å². The summed E-state index contributed by atoms with van der Waals surface area (Å²) in [6.45, 7) is 2.30. The van der Waals surface area contributed by atoms with E-state index in [-0.39, 0.29) is 0 Å². The third-order valence-electron chi connectivity index (χ3n) is 7.73. The van der Waals surface area contributed by atoms with Crippen LogP contribution in [-0.4, -0.2) is 4.40 Å². The molecule has 0 atom stereocenters. The molecule has 0 saturated carbocycles. The lowest BCUT2D eigenvalue weighted by molar-refractivity contribution is -0.616. The van der Waals surface area contributed by atoms with Gasteiger partial charge in [0.1, 0.15) is 12.6 Å². The van der Waals surface area contributed by atoms with Crippen molar-refractivity contribution in [3.8, 4) is 0 Å². The molecule has 33 heavy (non-hydrogen) atoms. The molecule has 0 spiro atoms. The van der Waals surface area contributed by atoms with E-state index in [0.717, 1.165) is 0 Å². The molecule has 3 heterocycles. The Hall–Kier alpha value is -4.17. The van der Waals surface area contributed by atoms with Crippen molar-refractivity contribution in [2.24, 2.45) is 7.05 Å². The number of aromatic nitrogens is 2. The SMILES string of the molecule is Cc1c2ccccc2c2ccc3c4ccccc4n4c5cc6ccccc6[n+](C)c5c1c2c34. The predicted octanol–water partition coefficient (Wildman–Crippen LogP) is 7.43. The van der Waals surface area contributed by atoms with Gasteiger partial charge >= 0.3 is 0 Å². The van der Waals surface area contributed by atoms with E-state index < -0.39 is 0 Å². The summed E-state index contributed by atoms with van der Waals surface area (Å²) in [5.41, 5.74) is 7.77. The summed E-state index contributed by atoms with van der Waals surface area (Å²) in [5, 5.41) is 10.7. The molecule has 3 aromatic heterocycles. The van der Waals surface area contributed by atoms with Crippen LogP contribution in [0.3, 0.4) is 0 Å². The van der Waals surface area contributed by atoms with E-state index in [9.17, 15) is 0 Å². The van der Waals surface area contributed by atoms with E-state index in [1.54, 1.807) is 0 Å². The molecule has 0 fully saturated rings. The van der Waals surface area contributed by atoms with Gasteiger partial charge in [0, 0.05) is 27.6 Å². The number of benzene rings is 5. The van der Waals surface area contributed by atoms with Gasteiger partial charge < -0.3 is 4.40 Å². The lowest BCUT2D eigenvalue weighted by Gasteiger charge is -2.16. The van der Waals surface area contributed by atoms with Gasteiger partial charge in [-0.1, -0.05) is 66.7 Å². The molecule has 0 aliphatic carbocycles. The molecule has 0 saturated heterocycles. The summed E-state index contributed by atoms with van der Waals surface area (Å²) in [5.74, 6) is 0. The first kappa shape index (κ1) is 17.4. The number of hydrogen-bond acceptors (Lipinski definition) is 0. The minimum absolute atomic E-state index is 1.25. The zero-order chi connectivity index (χ0) is 21.8. The van der Waals surface area contributed by atoms with Crippen LogP contribution in [0.2, 0.25) is 0 Å². The summed E-state index contributed by atoms with van der Waals surface area (Å²) in [7, 11) is 2.22. The van der Waals surface area contributed by atoms with Crippen molar-refractivity contribution < 1.29 is 4.57 Å². The van der Waals surface area contributed by atoms with Gasteiger partial charge in [0.25, 0.3) is 0 Å². The molecule has 0 N–H and O–H groups in total. The van der Waals surface area contributed by atoms with Gasteiger partial charge in [-0.3, -0.25) is 0 Å². The van der Waals surface area contributed by atoms with Crippen molar-refractivity contribution >= 4 is 70.7 Å². The van der Waals surface area contributed by atoms with Gasteiger partial charge in [0.2, 0.25) is 11.0 Å². The van der Waals surface area contributed by atoms with Crippen molar-refractivity contribution in [1.29, 1.82) is 0 Å². The smallest absolute Gasteiger partial charge is 0.238 e. The first-order valence-corrected chi connectivity index (χ1v) is 11.5. The van der Waals surface area contributed by atoms with Crippen molar-refractivity contribution in [2.75, 3.05) is 0 Å². The van der Waals surface area contributed by atoms with Gasteiger partial charge in [-0.05, 0) is 46.8 Å². The van der Waals surface area contributed by atoms with Crippen molar-refractivity contribution in [2.45, 2.75) is 6.92 Å². The third-order valence-corrected chi connectivity index (χ3v) is 7.73. The largest absolute Gasteiger partial charge is 0.303 e. The second kappa shape index (κ2) is 5.79. The average Bonchev–Trinajstić information content (AvgIpc) is 3.20. The highest BCUT2D eigenvalue weighted by Gasteiger charge is 2.26. The van der Waals surface area contributed by atoms with Gasteiger partial charge in [-0.2, -0.15) is 4.57 Å². The molecule has 0 radical (unpaired) electrons. The van der Waals surface area contributed by atoms with Gasteiger partial charge in [-0.25, -0.2) is 0 Å². The van der Waals surface area contributed by atoms with E-state index in [4.69, 9.17) is 0 Å². The fraction of sp³-hybridized carbons (Fsp3) is 0.0645. The molecule has 154 valence electrons. The zero-order valence-corrected chi connectivity index (χ0v) is 18.6. The fourth-order valence-corrected chi connectivity index (χ4v) is 6.34. The summed E-state index contributed by atoms with van der Waals surface area (Å²) in [6, 6.07) is 33.5. The number of nitrogens with zero attached hydrogens (tertiary/aromatic N) is 2. The molecule has 8 rings (SSSR count). The Labute approximate surface area is 190 Å². The number of rotatable bonds is 0. The van der Waals surface area contributed by atoms with Crippen LogP contribution < -0.4 is 4.57 Å². The number of fused-ring (bicyclic) bond motifs is 9. The Morgan fingerprint density at radius 1 is 0.606 bits per heavy atom. The molecular formula is C31H21N2+. The van der Waals surface area contributed by atoms with Crippen molar-refractivity contribution in [3.05, 3.63) is 96.6 Å². The third kappa shape index (κ3) is 1.94. The number of aryl methyl sites for hydroxylation is 2. The Bertz CT molecular complexity index is 2080. The van der Waals surface area contributed by atoms with Gasteiger partial charge in [-0.15, -0.1) is 0 Å². The molecule has 5 aromatic carbocycles. The van der Waals surface area contributed by atoms with E-state index in [1.165, 1.54) is 76.2 Å². The molecule has 0 unspecified atom stereocenters. The molecule has 0 bridgehead atoms. The normalized spacial score (nSPS) is 12.5. The zero-order valence-electron chi connectivity index (χ0n) is 18.6. The monoisotopic (exact) mass is 421 g/mol. The first-order valence-electron chi connectivity index (χ1n) is 11.5. The van der Waals surface area contributed by atoms with Gasteiger partial charge in [0.15, 0.2) is 0 Å². The molecular weight excluding hydrogens is 400 g/mol. The second-order valence-corrected chi connectivity index (χ2v) is 9.28.